The lowest BCUT2D eigenvalue weighted by Gasteiger charge is -2.27. The molecule has 1 fully saturated rings. The number of pyridine rings is 1. The van der Waals surface area contributed by atoms with Crippen LogP contribution in [0.25, 0.3) is 10.6 Å². The minimum Gasteiger partial charge on any atom is -0.353 e. The molecule has 7 nitrogen and oxygen atoms in total. The monoisotopic (exact) mass is 413 g/mol. The van der Waals surface area contributed by atoms with Crippen LogP contribution in [0.3, 0.4) is 0 Å². The van der Waals surface area contributed by atoms with E-state index in [4.69, 9.17) is 11.6 Å². The number of thiazole rings is 1. The van der Waals surface area contributed by atoms with Crippen molar-refractivity contribution in [2.75, 3.05) is 29.9 Å². The maximum absolute atomic E-state index is 12.5. The molecule has 1 aliphatic heterocycles. The van der Waals surface area contributed by atoms with Gasteiger partial charge in [-0.05, 0) is 18.2 Å². The number of hydrogen-bond acceptors (Lipinski definition) is 6. The van der Waals surface area contributed by atoms with E-state index in [-0.39, 0.29) is 18.4 Å². The van der Waals surface area contributed by atoms with Crippen LogP contribution in [-0.4, -0.2) is 41.4 Å². The highest BCUT2D eigenvalue weighted by Gasteiger charge is 2.18. The largest absolute Gasteiger partial charge is 0.353 e. The Balaban J connectivity index is 1.44. The predicted octanol–water partition coefficient (Wildman–Crippen LogP) is 3.05. The van der Waals surface area contributed by atoms with Crippen molar-refractivity contribution in [3.8, 4) is 10.6 Å². The number of carbonyl (C=O) groups is 2. The van der Waals surface area contributed by atoms with Gasteiger partial charge in [0.1, 0.15) is 16.5 Å². The van der Waals surface area contributed by atoms with Crippen molar-refractivity contribution < 1.29 is 9.59 Å². The molecule has 0 spiro atoms. The molecule has 0 aliphatic carbocycles. The number of piperazine rings is 1. The van der Waals surface area contributed by atoms with Gasteiger partial charge in [-0.2, -0.15) is 0 Å². The maximum Gasteiger partial charge on any atom is 0.275 e. The molecule has 9 heteroatoms. The number of halogens is 1. The van der Waals surface area contributed by atoms with Crippen LogP contribution < -0.4 is 15.5 Å². The molecule has 1 aromatic carbocycles. The van der Waals surface area contributed by atoms with Gasteiger partial charge in [-0.15, -0.1) is 11.3 Å². The lowest BCUT2D eigenvalue weighted by molar-refractivity contribution is -0.120. The summed E-state index contributed by atoms with van der Waals surface area (Å²) in [6, 6.07) is 10.9. The van der Waals surface area contributed by atoms with Crippen LogP contribution in [0.15, 0.2) is 48.0 Å². The van der Waals surface area contributed by atoms with Crippen LogP contribution in [0.5, 0.6) is 0 Å². The van der Waals surface area contributed by atoms with E-state index in [0.717, 1.165) is 5.56 Å². The van der Waals surface area contributed by atoms with E-state index in [1.165, 1.54) is 11.3 Å². The molecule has 0 saturated carbocycles. The minimum atomic E-state index is -0.318. The molecule has 28 heavy (non-hydrogen) atoms. The van der Waals surface area contributed by atoms with E-state index < -0.39 is 0 Å². The van der Waals surface area contributed by atoms with Crippen molar-refractivity contribution in [1.29, 1.82) is 0 Å². The fourth-order valence-corrected chi connectivity index (χ4v) is 3.93. The van der Waals surface area contributed by atoms with Crippen molar-refractivity contribution in [1.82, 2.24) is 15.3 Å². The molecule has 2 aromatic heterocycles. The first-order chi connectivity index (χ1) is 13.6. The Morgan fingerprint density at radius 1 is 1.25 bits per heavy atom. The molecule has 0 bridgehead atoms. The molecular weight excluding hydrogens is 398 g/mol. The number of carbonyl (C=O) groups excluding carboxylic acids is 2. The molecule has 0 atom stereocenters. The Morgan fingerprint density at radius 3 is 2.86 bits per heavy atom. The number of nitrogens with zero attached hydrogens (tertiary/aromatic N) is 3. The first kappa shape index (κ1) is 18.4. The molecule has 2 amide bonds. The molecule has 3 heterocycles. The first-order valence-corrected chi connectivity index (χ1v) is 9.85. The van der Waals surface area contributed by atoms with Crippen LogP contribution >= 0.6 is 22.9 Å². The van der Waals surface area contributed by atoms with Gasteiger partial charge in [-0.25, -0.2) is 9.97 Å². The molecule has 2 N–H and O–H groups in total. The number of aromatic nitrogens is 2. The standard InChI is InChI=1S/C19H16ClN5O2S/c20-14-4-2-1-3-13(14)19-24-15(11-28-19)18(27)23-12-5-6-16(22-9-12)25-8-7-21-17(26)10-25/h1-6,9,11H,7-8,10H2,(H,21,26)(H,23,27). The second-order valence-electron chi connectivity index (χ2n) is 6.15. The summed E-state index contributed by atoms with van der Waals surface area (Å²) in [6.07, 6.45) is 1.57. The number of nitrogens with one attached hydrogen (secondary N) is 2. The molecule has 0 radical (unpaired) electrons. The lowest BCUT2D eigenvalue weighted by atomic mass is 10.2. The summed E-state index contributed by atoms with van der Waals surface area (Å²) in [4.78, 5) is 34.6. The van der Waals surface area contributed by atoms with E-state index in [1.54, 1.807) is 29.8 Å². The number of benzene rings is 1. The molecular formula is C19H16ClN5O2S. The van der Waals surface area contributed by atoms with E-state index in [2.05, 4.69) is 20.6 Å². The van der Waals surface area contributed by atoms with Crippen LogP contribution in [0, 0.1) is 0 Å². The van der Waals surface area contributed by atoms with E-state index in [0.29, 0.717) is 40.3 Å². The predicted molar refractivity (Wildman–Crippen MR) is 110 cm³/mol. The topological polar surface area (TPSA) is 87.2 Å². The van der Waals surface area contributed by atoms with Crippen LogP contribution in [0.2, 0.25) is 5.02 Å². The van der Waals surface area contributed by atoms with Crippen molar-refractivity contribution in [2.24, 2.45) is 0 Å². The van der Waals surface area contributed by atoms with Crippen LogP contribution in [0.4, 0.5) is 11.5 Å². The van der Waals surface area contributed by atoms with E-state index in [1.807, 2.05) is 23.1 Å². The first-order valence-electron chi connectivity index (χ1n) is 8.59. The summed E-state index contributed by atoms with van der Waals surface area (Å²) in [5.74, 6) is 0.354. The number of anilines is 2. The Kier molecular flexibility index (Phi) is 5.23. The van der Waals surface area contributed by atoms with Gasteiger partial charge in [0.25, 0.3) is 5.91 Å². The average molecular weight is 414 g/mol. The normalized spacial score (nSPS) is 13.9. The Labute approximate surface area is 170 Å². The third-order valence-electron chi connectivity index (χ3n) is 4.21. The quantitative estimate of drug-likeness (QED) is 0.686. The van der Waals surface area contributed by atoms with Gasteiger partial charge in [0.05, 0.1) is 23.5 Å². The molecule has 1 aliphatic rings. The Morgan fingerprint density at radius 2 is 2.11 bits per heavy atom. The fourth-order valence-electron chi connectivity index (χ4n) is 2.81. The van der Waals surface area contributed by atoms with Crippen molar-refractivity contribution in [3.63, 3.8) is 0 Å². The zero-order valence-corrected chi connectivity index (χ0v) is 16.3. The average Bonchev–Trinajstić information content (AvgIpc) is 3.19. The SMILES string of the molecule is O=C1CN(c2ccc(NC(=O)c3csc(-c4ccccc4Cl)n3)cn2)CCN1. The third kappa shape index (κ3) is 3.97. The van der Waals surface area contributed by atoms with Gasteiger partial charge in [-0.1, -0.05) is 29.8 Å². The molecule has 4 rings (SSSR count). The van der Waals surface area contributed by atoms with Gasteiger partial charge in [0, 0.05) is 24.0 Å². The van der Waals surface area contributed by atoms with Crippen LogP contribution in [-0.2, 0) is 4.79 Å². The zero-order valence-electron chi connectivity index (χ0n) is 14.7. The molecule has 142 valence electrons. The molecule has 0 unspecified atom stereocenters. The van der Waals surface area contributed by atoms with Gasteiger partial charge in [0.15, 0.2) is 0 Å². The smallest absolute Gasteiger partial charge is 0.275 e. The van der Waals surface area contributed by atoms with Crippen molar-refractivity contribution >= 4 is 46.3 Å². The van der Waals surface area contributed by atoms with Crippen molar-refractivity contribution in [2.45, 2.75) is 0 Å². The summed E-state index contributed by atoms with van der Waals surface area (Å²) in [5.41, 5.74) is 1.67. The van der Waals surface area contributed by atoms with E-state index >= 15 is 0 Å². The minimum absolute atomic E-state index is 0.0247. The fraction of sp³-hybridized carbons (Fsp3) is 0.158. The highest BCUT2D eigenvalue weighted by atomic mass is 35.5. The maximum atomic E-state index is 12.5. The van der Waals surface area contributed by atoms with Gasteiger partial charge < -0.3 is 15.5 Å². The highest BCUT2D eigenvalue weighted by Crippen LogP contribution is 2.30. The van der Waals surface area contributed by atoms with Crippen LogP contribution in [0.1, 0.15) is 10.5 Å². The van der Waals surface area contributed by atoms with Gasteiger partial charge in [-0.3, -0.25) is 9.59 Å². The summed E-state index contributed by atoms with van der Waals surface area (Å²) in [6.45, 7) is 1.58. The van der Waals surface area contributed by atoms with Crippen molar-refractivity contribution in [3.05, 3.63) is 58.7 Å². The zero-order chi connectivity index (χ0) is 19.5. The number of amides is 2. The summed E-state index contributed by atoms with van der Waals surface area (Å²) in [7, 11) is 0. The lowest BCUT2D eigenvalue weighted by Crippen LogP contribution is -2.48. The molecule has 3 aromatic rings. The second-order valence-corrected chi connectivity index (χ2v) is 7.41. The third-order valence-corrected chi connectivity index (χ3v) is 5.41. The Hall–Kier alpha value is -2.97. The van der Waals surface area contributed by atoms with Gasteiger partial charge in [0.2, 0.25) is 5.91 Å². The molecule has 1 saturated heterocycles. The summed E-state index contributed by atoms with van der Waals surface area (Å²) in [5, 5.41) is 8.54. The van der Waals surface area contributed by atoms with Gasteiger partial charge >= 0.3 is 0 Å². The van der Waals surface area contributed by atoms with E-state index in [9.17, 15) is 9.59 Å². The Bertz CT molecular complexity index is 1020. The summed E-state index contributed by atoms with van der Waals surface area (Å²) >= 11 is 7.55. The number of rotatable bonds is 4. The number of hydrogen-bond donors (Lipinski definition) is 2. The second kappa shape index (κ2) is 7.95. The summed E-state index contributed by atoms with van der Waals surface area (Å²) < 4.78 is 0. The highest BCUT2D eigenvalue weighted by molar-refractivity contribution is 7.13.